The molecule has 64 valence electrons. The molecular formula is C9H18N2. The molecule has 0 bridgehead atoms. The molecular weight excluding hydrogens is 136 g/mol. The van der Waals surface area contributed by atoms with Gasteiger partial charge in [-0.25, -0.2) is 0 Å². The molecule has 11 heavy (non-hydrogen) atoms. The Morgan fingerprint density at radius 2 is 2.09 bits per heavy atom. The molecule has 0 saturated heterocycles. The maximum atomic E-state index is 4.43. The van der Waals surface area contributed by atoms with Crippen molar-refractivity contribution in [1.29, 1.82) is 0 Å². The van der Waals surface area contributed by atoms with Crippen LogP contribution in [0.1, 0.15) is 38.5 Å². The summed E-state index contributed by atoms with van der Waals surface area (Å²) in [7, 11) is 1.99. The first-order valence-corrected chi connectivity index (χ1v) is 4.62. The van der Waals surface area contributed by atoms with Gasteiger partial charge in [-0.3, -0.25) is 10.3 Å². The predicted octanol–water partition coefficient (Wildman–Crippen LogP) is 1.96. The van der Waals surface area contributed by atoms with E-state index in [2.05, 4.69) is 16.5 Å². The molecule has 0 aromatic carbocycles. The molecule has 1 N–H and O–H groups in total. The highest BCUT2D eigenvalue weighted by Crippen LogP contribution is 2.09. The van der Waals surface area contributed by atoms with E-state index in [0.717, 1.165) is 6.42 Å². The van der Waals surface area contributed by atoms with E-state index >= 15 is 0 Å². The molecule has 1 rings (SSSR count). The van der Waals surface area contributed by atoms with Crippen LogP contribution in [0.5, 0.6) is 0 Å². The molecule has 0 fully saturated rings. The van der Waals surface area contributed by atoms with Crippen molar-refractivity contribution in [2.75, 3.05) is 7.05 Å². The van der Waals surface area contributed by atoms with E-state index in [4.69, 9.17) is 0 Å². The zero-order chi connectivity index (χ0) is 7.94. The van der Waals surface area contributed by atoms with Gasteiger partial charge in [-0.2, -0.15) is 0 Å². The fourth-order valence-corrected chi connectivity index (χ4v) is 1.42. The van der Waals surface area contributed by atoms with Crippen LogP contribution in [0.25, 0.3) is 0 Å². The zero-order valence-corrected chi connectivity index (χ0v) is 7.34. The van der Waals surface area contributed by atoms with Crippen LogP contribution in [0.2, 0.25) is 0 Å². The normalized spacial score (nSPS) is 27.2. The third-order valence-corrected chi connectivity index (χ3v) is 2.18. The fourth-order valence-electron chi connectivity index (χ4n) is 1.42. The van der Waals surface area contributed by atoms with Gasteiger partial charge in [-0.05, 0) is 32.7 Å². The van der Waals surface area contributed by atoms with Gasteiger partial charge in [0.15, 0.2) is 0 Å². The highest BCUT2D eigenvalue weighted by Gasteiger charge is 2.02. The molecule has 0 aromatic rings. The summed E-state index contributed by atoms with van der Waals surface area (Å²) in [5.74, 6) is 0. The van der Waals surface area contributed by atoms with Gasteiger partial charge in [-0.1, -0.05) is 12.8 Å². The van der Waals surface area contributed by atoms with Crippen LogP contribution in [0.15, 0.2) is 4.99 Å². The van der Waals surface area contributed by atoms with E-state index in [9.17, 15) is 0 Å². The summed E-state index contributed by atoms with van der Waals surface area (Å²) < 4.78 is 0. The van der Waals surface area contributed by atoms with Gasteiger partial charge in [0.05, 0.1) is 6.17 Å². The summed E-state index contributed by atoms with van der Waals surface area (Å²) in [4.78, 5) is 4.43. The number of rotatable bonds is 1. The molecule has 1 heterocycles. The highest BCUT2D eigenvalue weighted by atomic mass is 15.0. The molecule has 0 aliphatic carbocycles. The van der Waals surface area contributed by atoms with Crippen molar-refractivity contribution in [1.82, 2.24) is 5.32 Å². The average Bonchev–Trinajstić information content (AvgIpc) is 2.16. The molecule has 2 heteroatoms. The Morgan fingerprint density at radius 3 is 2.91 bits per heavy atom. The quantitative estimate of drug-likeness (QED) is 0.613. The van der Waals surface area contributed by atoms with Gasteiger partial charge >= 0.3 is 0 Å². The Hall–Kier alpha value is -0.370. The lowest BCUT2D eigenvalue weighted by Crippen LogP contribution is -2.22. The van der Waals surface area contributed by atoms with Crippen molar-refractivity contribution < 1.29 is 0 Å². The first-order chi connectivity index (χ1) is 5.43. The van der Waals surface area contributed by atoms with Crippen molar-refractivity contribution >= 4 is 6.21 Å². The first-order valence-electron chi connectivity index (χ1n) is 4.62. The van der Waals surface area contributed by atoms with E-state index in [1.807, 2.05) is 7.05 Å². The second-order valence-corrected chi connectivity index (χ2v) is 3.13. The number of aliphatic imine (C=N–C) groups is 1. The van der Waals surface area contributed by atoms with Crippen LogP contribution in [-0.4, -0.2) is 19.4 Å². The maximum absolute atomic E-state index is 4.43. The lowest BCUT2D eigenvalue weighted by atomic mass is 10.1. The van der Waals surface area contributed by atoms with E-state index in [0.29, 0.717) is 6.17 Å². The molecule has 0 radical (unpaired) electrons. The Bertz CT molecular complexity index is 121. The molecule has 0 spiro atoms. The molecule has 0 aromatic heterocycles. The number of hydrogen-bond donors (Lipinski definition) is 1. The molecule has 1 aliphatic rings. The van der Waals surface area contributed by atoms with Crippen molar-refractivity contribution in [3.05, 3.63) is 0 Å². The van der Waals surface area contributed by atoms with Gasteiger partial charge in [0, 0.05) is 6.21 Å². The highest BCUT2D eigenvalue weighted by molar-refractivity contribution is 5.57. The molecule has 0 amide bonds. The monoisotopic (exact) mass is 154 g/mol. The number of nitrogens with zero attached hydrogens (tertiary/aromatic N) is 1. The summed E-state index contributed by atoms with van der Waals surface area (Å²) in [5, 5.41) is 3.20. The predicted molar refractivity (Wildman–Crippen MR) is 49.0 cm³/mol. The van der Waals surface area contributed by atoms with Gasteiger partial charge in [0.25, 0.3) is 0 Å². The standard InChI is InChI=1S/C9H18N2/c1-10-9-7-5-3-2-4-6-8-11-9/h8-10H,2-7H2,1H3. The molecule has 2 nitrogen and oxygen atoms in total. The third-order valence-electron chi connectivity index (χ3n) is 2.18. The van der Waals surface area contributed by atoms with E-state index in [-0.39, 0.29) is 0 Å². The summed E-state index contributed by atoms with van der Waals surface area (Å²) in [6.45, 7) is 0. The van der Waals surface area contributed by atoms with Gasteiger partial charge in [0.1, 0.15) is 0 Å². The van der Waals surface area contributed by atoms with Crippen molar-refractivity contribution in [2.24, 2.45) is 4.99 Å². The van der Waals surface area contributed by atoms with E-state index in [1.54, 1.807) is 0 Å². The number of hydrogen-bond acceptors (Lipinski definition) is 2. The summed E-state index contributed by atoms with van der Waals surface area (Å²) in [6.07, 6.45) is 10.2. The fraction of sp³-hybridized carbons (Fsp3) is 0.889. The summed E-state index contributed by atoms with van der Waals surface area (Å²) >= 11 is 0. The molecule has 1 atom stereocenters. The summed E-state index contributed by atoms with van der Waals surface area (Å²) in [6, 6.07) is 0. The number of nitrogens with one attached hydrogen (secondary N) is 1. The smallest absolute Gasteiger partial charge is 0.0987 e. The lowest BCUT2D eigenvalue weighted by molar-refractivity contribution is 0.509. The minimum Gasteiger partial charge on any atom is -0.299 e. The van der Waals surface area contributed by atoms with Crippen LogP contribution < -0.4 is 5.32 Å². The molecule has 0 saturated carbocycles. The largest absolute Gasteiger partial charge is 0.299 e. The van der Waals surface area contributed by atoms with Crippen LogP contribution in [0, 0.1) is 0 Å². The third kappa shape index (κ3) is 3.51. The SMILES string of the molecule is CNC1CCCCCCC=N1. The van der Waals surface area contributed by atoms with Crippen LogP contribution in [-0.2, 0) is 0 Å². The minimum absolute atomic E-state index is 0.382. The van der Waals surface area contributed by atoms with Gasteiger partial charge in [-0.15, -0.1) is 0 Å². The second-order valence-electron chi connectivity index (χ2n) is 3.13. The van der Waals surface area contributed by atoms with E-state index < -0.39 is 0 Å². The van der Waals surface area contributed by atoms with Crippen LogP contribution in [0.4, 0.5) is 0 Å². The van der Waals surface area contributed by atoms with Gasteiger partial charge in [0.2, 0.25) is 0 Å². The summed E-state index contributed by atoms with van der Waals surface area (Å²) in [5.41, 5.74) is 0. The Morgan fingerprint density at radius 1 is 1.27 bits per heavy atom. The Labute approximate surface area is 69.1 Å². The average molecular weight is 154 g/mol. The molecule has 1 aliphatic heterocycles. The second kappa shape index (κ2) is 5.30. The zero-order valence-electron chi connectivity index (χ0n) is 7.34. The van der Waals surface area contributed by atoms with Crippen molar-refractivity contribution in [2.45, 2.75) is 44.7 Å². The first kappa shape index (κ1) is 8.72. The molecule has 1 unspecified atom stereocenters. The lowest BCUT2D eigenvalue weighted by Gasteiger charge is -2.08. The maximum Gasteiger partial charge on any atom is 0.0987 e. The van der Waals surface area contributed by atoms with Crippen LogP contribution in [0.3, 0.4) is 0 Å². The van der Waals surface area contributed by atoms with Crippen LogP contribution >= 0.6 is 0 Å². The Balaban J connectivity index is 2.32. The topological polar surface area (TPSA) is 24.4 Å². The van der Waals surface area contributed by atoms with Crippen molar-refractivity contribution in [3.63, 3.8) is 0 Å². The van der Waals surface area contributed by atoms with Gasteiger partial charge < -0.3 is 0 Å². The van der Waals surface area contributed by atoms with Crippen molar-refractivity contribution in [3.8, 4) is 0 Å². The minimum atomic E-state index is 0.382. The Kier molecular flexibility index (Phi) is 4.21. The van der Waals surface area contributed by atoms with E-state index in [1.165, 1.54) is 32.1 Å².